The Kier molecular flexibility index (Phi) is 16.0. The molecule has 0 bridgehead atoms. The first kappa shape index (κ1) is 49.5. The van der Waals surface area contributed by atoms with Gasteiger partial charge in [-0.25, -0.2) is 9.78 Å². The third kappa shape index (κ3) is 10.9. The number of aryl methyl sites for hydroxylation is 1. The summed E-state index contributed by atoms with van der Waals surface area (Å²) in [7, 11) is 3.42. The van der Waals surface area contributed by atoms with Crippen LogP contribution in [-0.2, 0) is 49.0 Å². The monoisotopic (exact) mass is 884 g/mol. The molecule has 0 N–H and O–H groups in total. The molecule has 0 saturated carbocycles. The molecule has 3 aliphatic rings. The highest BCUT2D eigenvalue weighted by atomic mass is 28.4. The van der Waals surface area contributed by atoms with Crippen LogP contribution in [0.15, 0.2) is 37.1 Å². The first-order valence-corrected chi connectivity index (χ1v) is 25.9. The molecule has 2 aromatic heterocycles. The lowest BCUT2D eigenvalue weighted by molar-refractivity contribution is -0.292. The number of esters is 1. The number of amides is 1. The summed E-state index contributed by atoms with van der Waals surface area (Å²) in [5.74, 6) is -4.71. The number of aromatic nitrogens is 3. The van der Waals surface area contributed by atoms with Gasteiger partial charge in [-0.15, -0.1) is 0 Å². The molecule has 13 atom stereocenters. The lowest BCUT2D eigenvalue weighted by Gasteiger charge is -2.49. The normalized spacial score (nSPS) is 35.4. The Morgan fingerprint density at radius 3 is 2.29 bits per heavy atom. The van der Waals surface area contributed by atoms with Crippen LogP contribution >= 0.6 is 0 Å². The average molecular weight is 884 g/mol. The molecule has 0 spiro atoms. The number of hydrogen-bond acceptors (Lipinski definition) is 13. The number of methoxy groups -OCH3 is 1. The molecule has 0 aromatic carbocycles. The predicted molar refractivity (Wildman–Crippen MR) is 236 cm³/mol. The van der Waals surface area contributed by atoms with Crippen molar-refractivity contribution in [3.8, 4) is 11.3 Å². The molecule has 5 rings (SSSR count). The molecule has 3 fully saturated rings. The molecule has 15 nitrogen and oxygen atoms in total. The van der Waals surface area contributed by atoms with Crippen LogP contribution in [0.2, 0.25) is 19.6 Å². The van der Waals surface area contributed by atoms with E-state index in [4.69, 9.17) is 28.1 Å². The Balaban J connectivity index is 1.46. The van der Waals surface area contributed by atoms with Gasteiger partial charge in [0.1, 0.15) is 23.9 Å². The van der Waals surface area contributed by atoms with Crippen molar-refractivity contribution >= 4 is 31.9 Å². The lowest BCUT2D eigenvalue weighted by atomic mass is 9.73. The van der Waals surface area contributed by atoms with Gasteiger partial charge in [0.25, 0.3) is 0 Å². The highest BCUT2D eigenvalue weighted by molar-refractivity contribution is 6.69. The van der Waals surface area contributed by atoms with Crippen molar-refractivity contribution in [2.24, 2.45) is 23.7 Å². The smallest absolute Gasteiger partial charge is 0.410 e. The molecule has 5 heterocycles. The van der Waals surface area contributed by atoms with Crippen LogP contribution in [-0.4, -0.2) is 138 Å². The zero-order chi connectivity index (χ0) is 45.9. The molecule has 62 heavy (non-hydrogen) atoms. The summed E-state index contributed by atoms with van der Waals surface area (Å²) in [4.78, 5) is 70.0. The largest absolute Gasteiger partial charge is 0.458 e. The fraction of sp³-hybridized carbons (Fsp3) is 0.739. The minimum atomic E-state index is -2.15. The second kappa shape index (κ2) is 20.1. The number of rotatable bonds is 13. The second-order valence-electron chi connectivity index (χ2n) is 19.5. The number of nitrogens with zero attached hydrogens (tertiary/aromatic N) is 5. The van der Waals surface area contributed by atoms with E-state index in [0.717, 1.165) is 24.1 Å². The van der Waals surface area contributed by atoms with Crippen molar-refractivity contribution < 1.29 is 47.3 Å². The van der Waals surface area contributed by atoms with E-state index in [0.29, 0.717) is 19.5 Å². The highest BCUT2D eigenvalue weighted by Gasteiger charge is 2.60. The topological polar surface area (TPSA) is 161 Å². The standard InChI is InChI=1S/C46H73N5O10Si/c1-15-36-46(8)40(51(44(55)60-46)22-17-16-21-50-26-34(48-27-50)33-19-18-20-47-25-33)30(4)37(52)28(2)24-45(7,56-11)41(31(5)38(53)32(6)42(54)58-36)59-43-39(61-62(12,13)14)35(49(9)10)23-29(3)57-43/h18-20,25-32,35-36,39-41,43H,15-17,21-24H2,1-14H3/t28-,29-,30+,31+,32-,35+,36?,39-,40-,41-,43+,45-,46-/m1/s1. The van der Waals surface area contributed by atoms with Gasteiger partial charge in [-0.05, 0) is 106 Å². The molecule has 16 heteroatoms. The molecule has 3 aliphatic heterocycles. The van der Waals surface area contributed by atoms with Crippen LogP contribution in [0.3, 0.4) is 0 Å². The zero-order valence-corrected chi connectivity index (χ0v) is 40.6. The van der Waals surface area contributed by atoms with Crippen LogP contribution in [0.1, 0.15) is 87.5 Å². The SMILES string of the molecule is CCC1OC(=O)[C@H](C)C(=O)[C@H](C)[C@@H](O[C@@H]2O[C@H](C)C[C@H](N(C)C)[C@H]2O[Si](C)(C)C)[C@](C)(OC)C[C@@H](C)C(=O)[C@H](C)[C@H]2N(CCCCn3cnc(-c4cccnc4)c3)C(=O)O[C@]12C. The average Bonchev–Trinajstić information content (AvgIpc) is 3.80. The van der Waals surface area contributed by atoms with Crippen LogP contribution in [0.25, 0.3) is 11.3 Å². The number of Topliss-reactive ketones (excluding diaryl/α,β-unsaturated/α-hetero) is 2. The number of ketones is 2. The zero-order valence-electron chi connectivity index (χ0n) is 39.6. The van der Waals surface area contributed by atoms with Crippen molar-refractivity contribution in [1.29, 1.82) is 0 Å². The maximum atomic E-state index is 14.9. The van der Waals surface area contributed by atoms with Gasteiger partial charge in [-0.2, -0.15) is 0 Å². The van der Waals surface area contributed by atoms with Gasteiger partial charge in [0.2, 0.25) is 0 Å². The van der Waals surface area contributed by atoms with Gasteiger partial charge in [-0.3, -0.25) is 19.4 Å². The van der Waals surface area contributed by atoms with E-state index in [1.54, 1.807) is 51.5 Å². The predicted octanol–water partition coefficient (Wildman–Crippen LogP) is 6.79. The van der Waals surface area contributed by atoms with Crippen molar-refractivity contribution in [2.45, 2.75) is 168 Å². The summed E-state index contributed by atoms with van der Waals surface area (Å²) < 4.78 is 41.1. The summed E-state index contributed by atoms with van der Waals surface area (Å²) in [5.41, 5.74) is -0.870. The molecule has 0 aliphatic carbocycles. The number of carbonyl (C=O) groups is 4. The minimum absolute atomic E-state index is 0.0419. The number of cyclic esters (lactones) is 1. The first-order chi connectivity index (χ1) is 29.0. The Labute approximate surface area is 370 Å². The van der Waals surface area contributed by atoms with Crippen LogP contribution in [0, 0.1) is 23.7 Å². The summed E-state index contributed by atoms with van der Waals surface area (Å²) >= 11 is 0. The third-order valence-corrected chi connectivity index (χ3v) is 14.3. The molecule has 346 valence electrons. The van der Waals surface area contributed by atoms with Gasteiger partial charge in [-0.1, -0.05) is 27.7 Å². The van der Waals surface area contributed by atoms with E-state index in [9.17, 15) is 19.2 Å². The van der Waals surface area contributed by atoms with Crippen LogP contribution in [0.4, 0.5) is 4.79 Å². The number of pyridine rings is 1. The van der Waals surface area contributed by atoms with E-state index in [1.807, 2.05) is 71.6 Å². The second-order valence-corrected chi connectivity index (χ2v) is 24.0. The van der Waals surface area contributed by atoms with Gasteiger partial charge in [0, 0.05) is 68.1 Å². The first-order valence-electron chi connectivity index (χ1n) is 22.4. The Hall–Kier alpha value is -3.54. The summed E-state index contributed by atoms with van der Waals surface area (Å²) in [6, 6.07) is 3.01. The summed E-state index contributed by atoms with van der Waals surface area (Å²) in [5, 5.41) is 0. The molecule has 0 radical (unpaired) electrons. The Morgan fingerprint density at radius 1 is 0.984 bits per heavy atom. The number of carbonyl (C=O) groups excluding carboxylic acids is 4. The Bertz CT molecular complexity index is 1860. The lowest BCUT2D eigenvalue weighted by Crippen LogP contribution is -2.61. The van der Waals surface area contributed by atoms with Crippen molar-refractivity contribution in [3.63, 3.8) is 0 Å². The number of hydrogen-bond donors (Lipinski definition) is 0. The molecule has 3 saturated heterocycles. The highest BCUT2D eigenvalue weighted by Crippen LogP contribution is 2.43. The maximum absolute atomic E-state index is 14.9. The number of imidazole rings is 1. The summed E-state index contributed by atoms with van der Waals surface area (Å²) in [6.45, 7) is 21.7. The quantitative estimate of drug-likeness (QED) is 0.0897. The van der Waals surface area contributed by atoms with Crippen LogP contribution < -0.4 is 0 Å². The summed E-state index contributed by atoms with van der Waals surface area (Å²) in [6.07, 6.45) is 5.71. The molecular weight excluding hydrogens is 811 g/mol. The molecular formula is C46H73N5O10Si. The maximum Gasteiger partial charge on any atom is 0.410 e. The number of ether oxygens (including phenoxy) is 5. The number of fused-ring (bicyclic) bond motifs is 1. The van der Waals surface area contributed by atoms with Gasteiger partial charge in [0.05, 0.1) is 35.9 Å². The molecule has 1 amide bonds. The van der Waals surface area contributed by atoms with Crippen molar-refractivity contribution in [1.82, 2.24) is 24.3 Å². The van der Waals surface area contributed by atoms with Gasteiger partial charge < -0.3 is 42.5 Å². The van der Waals surface area contributed by atoms with Gasteiger partial charge in [0.15, 0.2) is 26.0 Å². The van der Waals surface area contributed by atoms with Crippen LogP contribution in [0.5, 0.6) is 0 Å². The van der Waals surface area contributed by atoms with Crippen molar-refractivity contribution in [2.75, 3.05) is 27.7 Å². The fourth-order valence-electron chi connectivity index (χ4n) is 9.95. The molecule has 2 aromatic rings. The van der Waals surface area contributed by atoms with Crippen molar-refractivity contribution in [3.05, 3.63) is 37.1 Å². The Morgan fingerprint density at radius 2 is 1.68 bits per heavy atom. The van der Waals surface area contributed by atoms with E-state index in [-0.39, 0.29) is 30.8 Å². The minimum Gasteiger partial charge on any atom is -0.458 e. The van der Waals surface area contributed by atoms with E-state index in [1.165, 1.54) is 0 Å². The van der Waals surface area contributed by atoms with E-state index in [2.05, 4.69) is 34.5 Å². The van der Waals surface area contributed by atoms with Gasteiger partial charge >= 0.3 is 12.1 Å². The third-order valence-electron chi connectivity index (χ3n) is 13.3. The van der Waals surface area contributed by atoms with E-state index >= 15 is 0 Å². The number of likely N-dealkylation sites (N-methyl/N-ethyl adjacent to an activating group) is 1. The van der Waals surface area contributed by atoms with E-state index < -0.39 is 91.7 Å². The fourth-order valence-corrected chi connectivity index (χ4v) is 11.0. The number of unbranched alkanes of at least 4 members (excludes halogenated alkanes) is 1. The molecule has 1 unspecified atom stereocenters.